The van der Waals surface area contributed by atoms with Gasteiger partial charge in [-0.15, -0.1) is 0 Å². The van der Waals surface area contributed by atoms with E-state index in [0.29, 0.717) is 16.0 Å². The van der Waals surface area contributed by atoms with Crippen LogP contribution >= 0.6 is 0 Å². The molecule has 1 saturated heterocycles. The predicted octanol–water partition coefficient (Wildman–Crippen LogP) is 2.78. The van der Waals surface area contributed by atoms with E-state index in [0.717, 1.165) is 0 Å². The summed E-state index contributed by atoms with van der Waals surface area (Å²) in [7, 11) is -3.79. The van der Waals surface area contributed by atoms with Crippen LogP contribution in [0.3, 0.4) is 0 Å². The molecule has 2 aromatic carbocycles. The highest BCUT2D eigenvalue weighted by molar-refractivity contribution is 7.89. The average molecular weight is 467 g/mol. The molecule has 0 radical (unpaired) electrons. The first-order valence-corrected chi connectivity index (χ1v) is 11.1. The van der Waals surface area contributed by atoms with Gasteiger partial charge >= 0.3 is 6.18 Å². The van der Waals surface area contributed by atoms with E-state index < -0.39 is 28.7 Å². The fraction of sp³-hybridized carbons (Fsp3) is 0.333. The molecule has 0 aliphatic carbocycles. The Hall–Kier alpha value is -2.94. The first-order valence-electron chi connectivity index (χ1n) is 9.63. The smallest absolute Gasteiger partial charge is 0.379 e. The number of hydrogen-bond donors (Lipinski definition) is 0. The number of carbonyl (C=O) groups is 1. The second kappa shape index (κ2) is 9.68. The summed E-state index contributed by atoms with van der Waals surface area (Å²) in [5.74, 6) is -0.887. The van der Waals surface area contributed by atoms with Gasteiger partial charge in [-0.2, -0.15) is 22.7 Å². The highest BCUT2D eigenvalue weighted by Crippen LogP contribution is 2.22. The molecule has 1 fully saturated rings. The quantitative estimate of drug-likeness (QED) is 0.652. The molecule has 0 N–H and O–H groups in total. The number of halogens is 3. The van der Waals surface area contributed by atoms with Gasteiger partial charge < -0.3 is 9.64 Å². The van der Waals surface area contributed by atoms with Gasteiger partial charge in [-0.05, 0) is 42.0 Å². The van der Waals surface area contributed by atoms with Gasteiger partial charge in [0, 0.05) is 25.2 Å². The number of alkyl halides is 3. The van der Waals surface area contributed by atoms with Crippen LogP contribution < -0.4 is 0 Å². The number of carbonyl (C=O) groups excluding carboxylic acids is 1. The van der Waals surface area contributed by atoms with Gasteiger partial charge in [-0.25, -0.2) is 8.42 Å². The Balaban J connectivity index is 1.81. The van der Waals surface area contributed by atoms with E-state index in [1.54, 1.807) is 0 Å². The van der Waals surface area contributed by atoms with Crippen LogP contribution in [0.15, 0.2) is 53.4 Å². The minimum absolute atomic E-state index is 0.0505. The first kappa shape index (κ1) is 23.7. The standard InChI is InChI=1S/C21H20F3N3O4S/c22-21(23,24)15-26(14-17-3-1-16(13-25)2-4-17)20(28)18-5-7-19(8-6-18)32(29,30)27-9-11-31-12-10-27/h1-8H,9-12,14-15H2. The second-order valence-corrected chi connectivity index (χ2v) is 9.06. The number of hydrogen-bond acceptors (Lipinski definition) is 5. The van der Waals surface area contributed by atoms with Crippen molar-refractivity contribution in [2.75, 3.05) is 32.8 Å². The lowest BCUT2D eigenvalue weighted by Crippen LogP contribution is -2.40. The Morgan fingerprint density at radius 2 is 1.66 bits per heavy atom. The fourth-order valence-electron chi connectivity index (χ4n) is 3.21. The largest absolute Gasteiger partial charge is 0.406 e. The Labute approximate surface area is 183 Å². The number of ether oxygens (including phenoxy) is 1. The molecule has 32 heavy (non-hydrogen) atoms. The number of rotatable bonds is 6. The number of benzene rings is 2. The fourth-order valence-corrected chi connectivity index (χ4v) is 4.62. The van der Waals surface area contributed by atoms with Crippen molar-refractivity contribution < 1.29 is 31.1 Å². The first-order chi connectivity index (χ1) is 15.1. The Morgan fingerprint density at radius 3 is 2.19 bits per heavy atom. The van der Waals surface area contributed by atoms with Crippen molar-refractivity contribution in [3.8, 4) is 6.07 Å². The zero-order chi connectivity index (χ0) is 23.4. The molecule has 1 aliphatic heterocycles. The maximum absolute atomic E-state index is 13.1. The van der Waals surface area contributed by atoms with E-state index in [-0.39, 0.29) is 43.3 Å². The summed E-state index contributed by atoms with van der Waals surface area (Å²) >= 11 is 0. The number of sulfonamides is 1. The zero-order valence-electron chi connectivity index (χ0n) is 16.9. The maximum Gasteiger partial charge on any atom is 0.406 e. The van der Waals surface area contributed by atoms with Crippen molar-refractivity contribution in [2.24, 2.45) is 0 Å². The number of nitrogens with zero attached hydrogens (tertiary/aromatic N) is 3. The Bertz CT molecular complexity index is 1090. The molecule has 170 valence electrons. The van der Waals surface area contributed by atoms with Crippen molar-refractivity contribution in [1.29, 1.82) is 5.26 Å². The molecule has 0 atom stereocenters. The summed E-state index contributed by atoms with van der Waals surface area (Å²) in [5, 5.41) is 8.85. The predicted molar refractivity (Wildman–Crippen MR) is 108 cm³/mol. The van der Waals surface area contributed by atoms with Gasteiger partial charge in [0.05, 0.1) is 29.7 Å². The topological polar surface area (TPSA) is 90.7 Å². The van der Waals surface area contributed by atoms with Crippen molar-refractivity contribution in [1.82, 2.24) is 9.21 Å². The number of morpholine rings is 1. The summed E-state index contributed by atoms with van der Waals surface area (Å²) in [4.78, 5) is 13.4. The molecule has 2 aromatic rings. The van der Waals surface area contributed by atoms with Crippen LogP contribution in [-0.2, 0) is 21.3 Å². The van der Waals surface area contributed by atoms with E-state index in [2.05, 4.69) is 0 Å². The summed E-state index contributed by atoms with van der Waals surface area (Å²) < 4.78 is 71.1. The van der Waals surface area contributed by atoms with Crippen LogP contribution in [0, 0.1) is 11.3 Å². The molecule has 0 saturated carbocycles. The van der Waals surface area contributed by atoms with E-state index in [1.807, 2.05) is 6.07 Å². The lowest BCUT2D eigenvalue weighted by molar-refractivity contribution is -0.141. The molecule has 0 aromatic heterocycles. The molecular formula is C21H20F3N3O4S. The summed E-state index contributed by atoms with van der Waals surface area (Å²) in [6.45, 7) is -0.841. The summed E-state index contributed by atoms with van der Waals surface area (Å²) in [6.07, 6.45) is -4.62. The van der Waals surface area contributed by atoms with E-state index >= 15 is 0 Å². The Morgan fingerprint density at radius 1 is 1.06 bits per heavy atom. The van der Waals surface area contributed by atoms with Gasteiger partial charge in [0.2, 0.25) is 10.0 Å². The highest BCUT2D eigenvalue weighted by Gasteiger charge is 2.34. The maximum atomic E-state index is 13.1. The lowest BCUT2D eigenvalue weighted by atomic mass is 10.1. The summed E-state index contributed by atoms with van der Waals surface area (Å²) in [5.41, 5.74) is 0.705. The van der Waals surface area contributed by atoms with Gasteiger partial charge in [0.25, 0.3) is 5.91 Å². The highest BCUT2D eigenvalue weighted by atomic mass is 32.2. The molecule has 3 rings (SSSR count). The van der Waals surface area contributed by atoms with Crippen molar-refractivity contribution >= 4 is 15.9 Å². The van der Waals surface area contributed by atoms with Gasteiger partial charge in [-0.3, -0.25) is 4.79 Å². The zero-order valence-corrected chi connectivity index (χ0v) is 17.7. The van der Waals surface area contributed by atoms with E-state index in [1.165, 1.54) is 52.8 Å². The van der Waals surface area contributed by atoms with E-state index in [9.17, 15) is 26.4 Å². The van der Waals surface area contributed by atoms with Crippen molar-refractivity contribution in [2.45, 2.75) is 17.6 Å². The molecular weight excluding hydrogens is 447 g/mol. The molecule has 7 nitrogen and oxygen atoms in total. The lowest BCUT2D eigenvalue weighted by Gasteiger charge is -2.26. The number of nitriles is 1. The third-order valence-corrected chi connectivity index (χ3v) is 6.74. The van der Waals surface area contributed by atoms with Crippen molar-refractivity contribution in [3.63, 3.8) is 0 Å². The molecule has 1 aliphatic rings. The molecule has 1 amide bonds. The number of amides is 1. The molecule has 0 bridgehead atoms. The van der Waals surface area contributed by atoms with Gasteiger partial charge in [0.15, 0.2) is 0 Å². The third-order valence-electron chi connectivity index (χ3n) is 4.82. The normalized spacial score (nSPS) is 15.2. The minimum Gasteiger partial charge on any atom is -0.379 e. The minimum atomic E-state index is -4.62. The average Bonchev–Trinajstić information content (AvgIpc) is 2.78. The van der Waals surface area contributed by atoms with E-state index in [4.69, 9.17) is 10.00 Å². The van der Waals surface area contributed by atoms with Crippen molar-refractivity contribution in [3.05, 3.63) is 65.2 Å². The van der Waals surface area contributed by atoms with Crippen LogP contribution in [-0.4, -0.2) is 62.6 Å². The molecule has 1 heterocycles. The summed E-state index contributed by atoms with van der Waals surface area (Å²) in [6, 6.07) is 12.6. The van der Waals surface area contributed by atoms with Gasteiger partial charge in [0.1, 0.15) is 6.54 Å². The van der Waals surface area contributed by atoms with Crippen LogP contribution in [0.1, 0.15) is 21.5 Å². The molecule has 0 unspecified atom stereocenters. The van der Waals surface area contributed by atoms with Crippen LogP contribution in [0.25, 0.3) is 0 Å². The van der Waals surface area contributed by atoms with Gasteiger partial charge in [-0.1, -0.05) is 12.1 Å². The van der Waals surface area contributed by atoms with Crippen LogP contribution in [0.2, 0.25) is 0 Å². The van der Waals surface area contributed by atoms with Crippen LogP contribution in [0.4, 0.5) is 13.2 Å². The third kappa shape index (κ3) is 5.85. The second-order valence-electron chi connectivity index (χ2n) is 7.13. The SMILES string of the molecule is N#Cc1ccc(CN(CC(F)(F)F)C(=O)c2ccc(S(=O)(=O)N3CCOCC3)cc2)cc1. The molecule has 11 heteroatoms. The van der Waals surface area contributed by atoms with Crippen LogP contribution in [0.5, 0.6) is 0 Å². The Kier molecular flexibility index (Phi) is 7.18. The molecule has 0 spiro atoms. The monoisotopic (exact) mass is 467 g/mol.